The minimum absolute atomic E-state index is 0.266. The summed E-state index contributed by atoms with van der Waals surface area (Å²) in [6, 6.07) is 18.9. The SMILES string of the molecule is Cc1cc(C)c(C(C)NC(=O)C(C)N(c2ccc(Oc3ccccc3)cc2)S(C)(=O)=O)cc1C. The van der Waals surface area contributed by atoms with Crippen LogP contribution in [0.2, 0.25) is 0 Å². The average molecular weight is 481 g/mol. The molecule has 7 heteroatoms. The lowest BCUT2D eigenvalue weighted by molar-refractivity contribution is -0.122. The molecule has 0 aliphatic heterocycles. The summed E-state index contributed by atoms with van der Waals surface area (Å²) in [7, 11) is -3.72. The highest BCUT2D eigenvalue weighted by molar-refractivity contribution is 7.92. The smallest absolute Gasteiger partial charge is 0.244 e. The predicted molar refractivity (Wildman–Crippen MR) is 137 cm³/mol. The minimum Gasteiger partial charge on any atom is -0.457 e. The number of amides is 1. The van der Waals surface area contributed by atoms with Crippen LogP contribution < -0.4 is 14.4 Å². The predicted octanol–water partition coefficient (Wildman–Crippen LogP) is 5.44. The van der Waals surface area contributed by atoms with Crippen molar-refractivity contribution in [1.82, 2.24) is 5.32 Å². The Bertz CT molecular complexity index is 1260. The molecule has 2 atom stereocenters. The number of ether oxygens (including phenoxy) is 1. The van der Waals surface area contributed by atoms with Crippen LogP contribution in [0.5, 0.6) is 11.5 Å². The highest BCUT2D eigenvalue weighted by Gasteiger charge is 2.30. The summed E-state index contributed by atoms with van der Waals surface area (Å²) in [6.45, 7) is 9.59. The molecule has 0 saturated carbocycles. The normalized spacial score (nSPS) is 13.1. The van der Waals surface area contributed by atoms with Crippen LogP contribution in [0, 0.1) is 20.8 Å². The zero-order valence-corrected chi connectivity index (χ0v) is 21.3. The fourth-order valence-electron chi connectivity index (χ4n) is 3.96. The van der Waals surface area contributed by atoms with E-state index in [2.05, 4.69) is 24.4 Å². The molecule has 3 aromatic carbocycles. The van der Waals surface area contributed by atoms with Gasteiger partial charge in [0, 0.05) is 0 Å². The molecule has 0 heterocycles. The van der Waals surface area contributed by atoms with Crippen LogP contribution in [0.3, 0.4) is 0 Å². The van der Waals surface area contributed by atoms with Gasteiger partial charge in [-0.1, -0.05) is 30.3 Å². The molecular weight excluding hydrogens is 448 g/mol. The molecule has 3 rings (SSSR count). The molecule has 0 fully saturated rings. The second-order valence-corrected chi connectivity index (χ2v) is 10.5. The number of anilines is 1. The van der Waals surface area contributed by atoms with E-state index in [0.29, 0.717) is 17.2 Å². The van der Waals surface area contributed by atoms with Gasteiger partial charge in [0.2, 0.25) is 15.9 Å². The van der Waals surface area contributed by atoms with Gasteiger partial charge in [0.15, 0.2) is 0 Å². The van der Waals surface area contributed by atoms with Crippen molar-refractivity contribution in [2.75, 3.05) is 10.6 Å². The van der Waals surface area contributed by atoms with Crippen LogP contribution in [0.15, 0.2) is 66.7 Å². The van der Waals surface area contributed by atoms with Crippen molar-refractivity contribution in [2.45, 2.75) is 46.7 Å². The Kier molecular flexibility index (Phi) is 7.67. The number of hydrogen-bond donors (Lipinski definition) is 1. The molecule has 6 nitrogen and oxygen atoms in total. The number of carbonyl (C=O) groups is 1. The number of aryl methyl sites for hydroxylation is 3. The van der Waals surface area contributed by atoms with Crippen LogP contribution in [0.4, 0.5) is 5.69 Å². The molecule has 0 spiro atoms. The van der Waals surface area contributed by atoms with E-state index in [1.165, 1.54) is 5.56 Å². The molecule has 0 saturated heterocycles. The van der Waals surface area contributed by atoms with Crippen LogP contribution in [0.25, 0.3) is 0 Å². The van der Waals surface area contributed by atoms with E-state index in [1.807, 2.05) is 51.1 Å². The first-order valence-electron chi connectivity index (χ1n) is 11.2. The molecule has 1 N–H and O–H groups in total. The summed E-state index contributed by atoms with van der Waals surface area (Å²) in [5, 5.41) is 2.98. The summed E-state index contributed by atoms with van der Waals surface area (Å²) in [6.07, 6.45) is 1.10. The van der Waals surface area contributed by atoms with Crippen molar-refractivity contribution in [2.24, 2.45) is 0 Å². The van der Waals surface area contributed by atoms with E-state index >= 15 is 0 Å². The molecule has 0 aromatic heterocycles. The van der Waals surface area contributed by atoms with Gasteiger partial charge < -0.3 is 10.1 Å². The highest BCUT2D eigenvalue weighted by atomic mass is 32.2. The number of rotatable bonds is 8. The number of nitrogens with zero attached hydrogens (tertiary/aromatic N) is 1. The fourth-order valence-corrected chi connectivity index (χ4v) is 5.13. The maximum absolute atomic E-state index is 13.1. The van der Waals surface area contributed by atoms with Crippen molar-refractivity contribution in [1.29, 1.82) is 0 Å². The average Bonchev–Trinajstić information content (AvgIpc) is 2.77. The molecule has 0 bridgehead atoms. The zero-order valence-electron chi connectivity index (χ0n) is 20.5. The maximum atomic E-state index is 13.1. The van der Waals surface area contributed by atoms with Gasteiger partial charge in [-0.25, -0.2) is 8.42 Å². The molecule has 0 aliphatic rings. The first kappa shape index (κ1) is 25.3. The number of carbonyl (C=O) groups excluding carboxylic acids is 1. The van der Waals surface area contributed by atoms with E-state index in [9.17, 15) is 13.2 Å². The topological polar surface area (TPSA) is 75.7 Å². The Morgan fingerprint density at radius 2 is 1.41 bits per heavy atom. The lowest BCUT2D eigenvalue weighted by Crippen LogP contribution is -2.48. The van der Waals surface area contributed by atoms with Gasteiger partial charge in [-0.2, -0.15) is 0 Å². The van der Waals surface area contributed by atoms with Gasteiger partial charge in [-0.15, -0.1) is 0 Å². The summed E-state index contributed by atoms with van der Waals surface area (Å²) >= 11 is 0. The third-order valence-corrected chi connectivity index (χ3v) is 7.11. The van der Waals surface area contributed by atoms with Crippen LogP contribution in [-0.2, 0) is 14.8 Å². The molecule has 2 unspecified atom stereocenters. The highest BCUT2D eigenvalue weighted by Crippen LogP contribution is 2.27. The third-order valence-electron chi connectivity index (χ3n) is 5.87. The third kappa shape index (κ3) is 5.97. The Balaban J connectivity index is 1.79. The van der Waals surface area contributed by atoms with Gasteiger partial charge in [0.25, 0.3) is 0 Å². The Hall–Kier alpha value is -3.32. The molecular formula is C27H32N2O4S. The van der Waals surface area contributed by atoms with Gasteiger partial charge in [-0.3, -0.25) is 9.10 Å². The van der Waals surface area contributed by atoms with E-state index < -0.39 is 16.1 Å². The first-order valence-corrected chi connectivity index (χ1v) is 13.0. The second kappa shape index (κ2) is 10.3. The van der Waals surface area contributed by atoms with E-state index in [0.717, 1.165) is 27.3 Å². The number of para-hydroxylation sites is 1. The molecule has 1 amide bonds. The Labute approximate surface area is 202 Å². The minimum atomic E-state index is -3.72. The number of sulfonamides is 1. The molecule has 0 radical (unpaired) electrons. The summed E-state index contributed by atoms with van der Waals surface area (Å²) in [5.74, 6) is 0.873. The van der Waals surface area contributed by atoms with E-state index in [1.54, 1.807) is 31.2 Å². The Morgan fingerprint density at radius 1 is 0.853 bits per heavy atom. The standard InChI is InChI=1S/C27H32N2O4S/c1-18-16-20(3)26(17-19(18)2)21(4)28-27(30)22(5)29(34(6,31)32)23-12-14-25(15-13-23)33-24-10-8-7-9-11-24/h7-17,21-22H,1-6H3,(H,28,30). The summed E-state index contributed by atoms with van der Waals surface area (Å²) < 4.78 is 32.2. The molecule has 3 aromatic rings. The van der Waals surface area contributed by atoms with Gasteiger partial charge in [0.1, 0.15) is 17.5 Å². The second-order valence-electron chi connectivity index (χ2n) is 8.67. The largest absolute Gasteiger partial charge is 0.457 e. The van der Waals surface area contributed by atoms with Crippen LogP contribution in [0.1, 0.15) is 42.1 Å². The quantitative estimate of drug-likeness (QED) is 0.466. The summed E-state index contributed by atoms with van der Waals surface area (Å²) in [5.41, 5.74) is 4.82. The van der Waals surface area contributed by atoms with Crippen LogP contribution in [-0.4, -0.2) is 26.6 Å². The maximum Gasteiger partial charge on any atom is 0.244 e. The van der Waals surface area contributed by atoms with Gasteiger partial charge in [-0.05, 0) is 93.3 Å². The van der Waals surface area contributed by atoms with Crippen molar-refractivity contribution in [3.63, 3.8) is 0 Å². The number of benzene rings is 3. The zero-order chi connectivity index (χ0) is 25.0. The van der Waals surface area contributed by atoms with Gasteiger partial charge >= 0.3 is 0 Å². The van der Waals surface area contributed by atoms with Crippen molar-refractivity contribution in [3.8, 4) is 11.5 Å². The van der Waals surface area contributed by atoms with Crippen molar-refractivity contribution >= 4 is 21.6 Å². The first-order chi connectivity index (χ1) is 16.0. The Morgan fingerprint density at radius 3 is 2.00 bits per heavy atom. The molecule has 180 valence electrons. The van der Waals surface area contributed by atoms with E-state index in [-0.39, 0.29) is 11.9 Å². The molecule has 0 aliphatic carbocycles. The number of nitrogens with one attached hydrogen (secondary N) is 1. The monoisotopic (exact) mass is 480 g/mol. The van der Waals surface area contributed by atoms with Crippen LogP contribution >= 0.6 is 0 Å². The van der Waals surface area contributed by atoms with Crippen molar-refractivity contribution < 1.29 is 17.9 Å². The summed E-state index contributed by atoms with van der Waals surface area (Å²) in [4.78, 5) is 13.1. The van der Waals surface area contributed by atoms with Gasteiger partial charge in [0.05, 0.1) is 18.0 Å². The molecule has 34 heavy (non-hydrogen) atoms. The number of hydrogen-bond acceptors (Lipinski definition) is 4. The van der Waals surface area contributed by atoms with Crippen molar-refractivity contribution in [3.05, 3.63) is 89.0 Å². The van der Waals surface area contributed by atoms with E-state index in [4.69, 9.17) is 4.74 Å². The lowest BCUT2D eigenvalue weighted by atomic mass is 9.96. The fraction of sp³-hybridized carbons (Fsp3) is 0.296. The lowest BCUT2D eigenvalue weighted by Gasteiger charge is -2.29.